The molecule has 5 nitrogen and oxygen atoms in total. The van der Waals surface area contributed by atoms with Crippen molar-refractivity contribution in [1.82, 2.24) is 9.88 Å². The Kier molecular flexibility index (Phi) is 6.04. The molecule has 0 radical (unpaired) electrons. The monoisotopic (exact) mass is 359 g/mol. The third-order valence-corrected chi connectivity index (χ3v) is 5.38. The lowest BCUT2D eigenvalue weighted by atomic mass is 10.0. The summed E-state index contributed by atoms with van der Waals surface area (Å²) in [7, 11) is 0. The third kappa shape index (κ3) is 4.80. The highest BCUT2D eigenvalue weighted by Gasteiger charge is 2.19. The van der Waals surface area contributed by atoms with Crippen molar-refractivity contribution in [3.8, 4) is 5.75 Å². The summed E-state index contributed by atoms with van der Waals surface area (Å²) in [4.78, 5) is 20.5. The molecule has 25 heavy (non-hydrogen) atoms. The van der Waals surface area contributed by atoms with Crippen LogP contribution in [0.2, 0.25) is 0 Å². The van der Waals surface area contributed by atoms with Crippen LogP contribution in [0.15, 0.2) is 30.5 Å². The molecule has 6 heteroatoms. The van der Waals surface area contributed by atoms with Gasteiger partial charge in [-0.05, 0) is 51.4 Å². The summed E-state index contributed by atoms with van der Waals surface area (Å²) < 4.78 is 5.45. The number of benzene rings is 1. The number of carbonyl (C=O) groups excluding carboxylic acids is 1. The zero-order valence-corrected chi connectivity index (χ0v) is 15.6. The van der Waals surface area contributed by atoms with Gasteiger partial charge in [0.1, 0.15) is 5.75 Å². The number of likely N-dealkylation sites (tertiary alicyclic amines) is 1. The smallest absolute Gasteiger partial charge is 0.257 e. The van der Waals surface area contributed by atoms with Crippen LogP contribution in [-0.2, 0) is 6.54 Å². The molecule has 0 spiro atoms. The second-order valence-electron chi connectivity index (χ2n) is 6.36. The maximum absolute atomic E-state index is 12.4. The average molecular weight is 359 g/mol. The molecule has 1 aromatic carbocycles. The minimum Gasteiger partial charge on any atom is -0.494 e. The molecule has 3 rings (SSSR count). The van der Waals surface area contributed by atoms with Crippen LogP contribution in [0.5, 0.6) is 5.75 Å². The van der Waals surface area contributed by atoms with Crippen LogP contribution in [0, 0.1) is 0 Å². The number of rotatable bonds is 6. The van der Waals surface area contributed by atoms with Crippen molar-refractivity contribution in [3.05, 3.63) is 40.9 Å². The quantitative estimate of drug-likeness (QED) is 0.841. The number of nitrogens with zero attached hydrogens (tertiary/aromatic N) is 2. The van der Waals surface area contributed by atoms with Crippen LogP contribution in [0.25, 0.3) is 0 Å². The minimum absolute atomic E-state index is 0.159. The lowest BCUT2D eigenvalue weighted by Gasteiger charge is -2.32. The summed E-state index contributed by atoms with van der Waals surface area (Å²) in [5.74, 6) is 0.544. The zero-order valence-electron chi connectivity index (χ0n) is 14.8. The summed E-state index contributed by atoms with van der Waals surface area (Å²) >= 11 is 1.55. The molecule has 1 saturated heterocycles. The van der Waals surface area contributed by atoms with Crippen molar-refractivity contribution in [1.29, 1.82) is 0 Å². The lowest BCUT2D eigenvalue weighted by molar-refractivity contribution is 0.102. The van der Waals surface area contributed by atoms with Crippen LogP contribution < -0.4 is 10.1 Å². The Morgan fingerprint density at radius 2 is 2.32 bits per heavy atom. The van der Waals surface area contributed by atoms with Gasteiger partial charge in [-0.3, -0.25) is 15.0 Å². The normalized spacial score (nSPS) is 18.1. The van der Waals surface area contributed by atoms with Gasteiger partial charge in [0.05, 0.1) is 6.61 Å². The first kappa shape index (κ1) is 17.9. The first-order chi connectivity index (χ1) is 12.2. The number of anilines is 1. The Balaban J connectivity index is 1.60. The molecule has 1 amide bonds. The molecular formula is C19H25N3O2S. The number of hydrogen-bond acceptors (Lipinski definition) is 5. The predicted octanol–water partition coefficient (Wildman–Crippen LogP) is 4.17. The van der Waals surface area contributed by atoms with Gasteiger partial charge in [-0.15, -0.1) is 11.3 Å². The van der Waals surface area contributed by atoms with Crippen LogP contribution in [0.4, 0.5) is 5.13 Å². The number of ether oxygens (including phenoxy) is 1. The van der Waals surface area contributed by atoms with Gasteiger partial charge < -0.3 is 4.74 Å². The van der Waals surface area contributed by atoms with E-state index in [1.54, 1.807) is 23.5 Å². The second-order valence-corrected chi connectivity index (χ2v) is 7.48. The Hall–Kier alpha value is -1.92. The van der Waals surface area contributed by atoms with Gasteiger partial charge in [-0.25, -0.2) is 4.98 Å². The molecule has 1 atom stereocenters. The molecule has 1 N–H and O–H groups in total. The van der Waals surface area contributed by atoms with E-state index in [2.05, 4.69) is 22.1 Å². The number of hydrogen-bond donors (Lipinski definition) is 1. The van der Waals surface area contributed by atoms with E-state index >= 15 is 0 Å². The van der Waals surface area contributed by atoms with E-state index in [9.17, 15) is 4.79 Å². The summed E-state index contributed by atoms with van der Waals surface area (Å²) in [6.07, 6.45) is 5.72. The largest absolute Gasteiger partial charge is 0.494 e. The molecule has 2 aromatic rings. The number of nitrogens with one attached hydrogen (secondary N) is 1. The molecule has 1 unspecified atom stereocenters. The molecule has 0 saturated carbocycles. The Labute approximate surface area is 153 Å². The van der Waals surface area contributed by atoms with Gasteiger partial charge in [0.25, 0.3) is 5.91 Å². The first-order valence-corrected chi connectivity index (χ1v) is 9.70. The Morgan fingerprint density at radius 3 is 3.12 bits per heavy atom. The van der Waals surface area contributed by atoms with Crippen molar-refractivity contribution >= 4 is 22.4 Å². The molecule has 1 fully saturated rings. The Bertz CT molecular complexity index is 716. The van der Waals surface area contributed by atoms with E-state index in [4.69, 9.17) is 4.74 Å². The SMILES string of the molecule is CCOc1cccc(C(=O)Nc2ncc(CN3CCCCC3C)s2)c1. The van der Waals surface area contributed by atoms with Gasteiger partial charge in [0, 0.05) is 29.2 Å². The Morgan fingerprint density at radius 1 is 1.44 bits per heavy atom. The molecule has 2 heterocycles. The zero-order chi connectivity index (χ0) is 17.6. The summed E-state index contributed by atoms with van der Waals surface area (Å²) in [6.45, 7) is 6.84. The predicted molar refractivity (Wildman–Crippen MR) is 101 cm³/mol. The van der Waals surface area contributed by atoms with Crippen molar-refractivity contribution < 1.29 is 9.53 Å². The fourth-order valence-corrected chi connectivity index (χ4v) is 3.93. The maximum atomic E-state index is 12.4. The van der Waals surface area contributed by atoms with Gasteiger partial charge in [0.15, 0.2) is 5.13 Å². The van der Waals surface area contributed by atoms with E-state index in [0.717, 1.165) is 13.1 Å². The van der Waals surface area contributed by atoms with Crippen molar-refractivity contribution in [2.24, 2.45) is 0 Å². The van der Waals surface area contributed by atoms with Crippen molar-refractivity contribution in [2.75, 3.05) is 18.5 Å². The van der Waals surface area contributed by atoms with Crippen LogP contribution >= 0.6 is 11.3 Å². The van der Waals surface area contributed by atoms with Crippen LogP contribution in [0.3, 0.4) is 0 Å². The molecule has 134 valence electrons. The summed E-state index contributed by atoms with van der Waals surface area (Å²) in [5.41, 5.74) is 0.576. The van der Waals surface area contributed by atoms with E-state index < -0.39 is 0 Å². The summed E-state index contributed by atoms with van der Waals surface area (Å²) in [6, 6.07) is 7.83. The number of amides is 1. The molecule has 1 aliphatic heterocycles. The van der Waals surface area contributed by atoms with E-state index in [0.29, 0.717) is 29.1 Å². The van der Waals surface area contributed by atoms with Gasteiger partial charge in [-0.1, -0.05) is 12.5 Å². The van der Waals surface area contributed by atoms with Gasteiger partial charge >= 0.3 is 0 Å². The molecule has 0 bridgehead atoms. The average Bonchev–Trinajstić information content (AvgIpc) is 3.04. The van der Waals surface area contributed by atoms with Gasteiger partial charge in [-0.2, -0.15) is 0 Å². The van der Waals surface area contributed by atoms with Crippen LogP contribution in [-0.4, -0.2) is 35.0 Å². The highest BCUT2D eigenvalue weighted by Crippen LogP contribution is 2.24. The van der Waals surface area contributed by atoms with E-state index in [-0.39, 0.29) is 5.91 Å². The molecule has 0 aliphatic carbocycles. The standard InChI is InChI=1S/C19H25N3O2S/c1-3-24-16-9-6-8-15(11-16)18(23)21-19-20-12-17(25-19)13-22-10-5-4-7-14(22)2/h6,8-9,11-12,14H,3-5,7,10,13H2,1-2H3,(H,20,21,23). The highest BCUT2D eigenvalue weighted by atomic mass is 32.1. The maximum Gasteiger partial charge on any atom is 0.257 e. The highest BCUT2D eigenvalue weighted by molar-refractivity contribution is 7.15. The number of aromatic nitrogens is 1. The summed E-state index contributed by atoms with van der Waals surface area (Å²) in [5, 5.41) is 3.54. The second kappa shape index (κ2) is 8.45. The molecular weight excluding hydrogens is 334 g/mol. The fourth-order valence-electron chi connectivity index (χ4n) is 3.09. The fraction of sp³-hybridized carbons (Fsp3) is 0.474. The lowest BCUT2D eigenvalue weighted by Crippen LogP contribution is -2.36. The van der Waals surface area contributed by atoms with Gasteiger partial charge in [0.2, 0.25) is 0 Å². The van der Waals surface area contributed by atoms with Crippen LogP contribution in [0.1, 0.15) is 48.3 Å². The first-order valence-electron chi connectivity index (χ1n) is 8.88. The molecule has 1 aromatic heterocycles. The topological polar surface area (TPSA) is 54.5 Å². The minimum atomic E-state index is -0.159. The van der Waals surface area contributed by atoms with E-state index in [1.807, 2.05) is 25.3 Å². The number of piperidine rings is 1. The number of carbonyl (C=O) groups is 1. The number of thiazole rings is 1. The van der Waals surface area contributed by atoms with E-state index in [1.165, 1.54) is 24.1 Å². The van der Waals surface area contributed by atoms with Crippen molar-refractivity contribution in [3.63, 3.8) is 0 Å². The third-order valence-electron chi connectivity index (χ3n) is 4.48. The molecule has 1 aliphatic rings. The van der Waals surface area contributed by atoms with Crippen molar-refractivity contribution in [2.45, 2.75) is 45.7 Å².